The average Bonchev–Trinajstić information content (AvgIpc) is 3.44. The van der Waals surface area contributed by atoms with E-state index in [-0.39, 0.29) is 0 Å². The molecule has 2 saturated heterocycles. The fourth-order valence-electron chi connectivity index (χ4n) is 4.71. The third-order valence-electron chi connectivity index (χ3n) is 6.71. The molecular weight excluding hydrogens is 444 g/mol. The second-order valence-corrected chi connectivity index (χ2v) is 8.84. The van der Waals surface area contributed by atoms with E-state index in [0.29, 0.717) is 25.1 Å². The summed E-state index contributed by atoms with van der Waals surface area (Å²) in [5, 5.41) is 4.78. The van der Waals surface area contributed by atoms with E-state index in [1.165, 1.54) is 5.56 Å². The molecule has 1 aromatic carbocycles. The molecule has 9 nitrogen and oxygen atoms in total. The minimum absolute atomic E-state index is 0.442. The van der Waals surface area contributed by atoms with Crippen molar-refractivity contribution in [2.24, 2.45) is 0 Å². The lowest BCUT2D eigenvalue weighted by atomic mass is 9.93. The predicted molar refractivity (Wildman–Crippen MR) is 132 cm³/mol. The van der Waals surface area contributed by atoms with Crippen LogP contribution in [0, 0.1) is 0 Å². The largest absolute Gasteiger partial charge is 0.497 e. The summed E-state index contributed by atoms with van der Waals surface area (Å²) in [6.45, 7) is 4.46. The van der Waals surface area contributed by atoms with Crippen LogP contribution in [0.5, 0.6) is 5.75 Å². The van der Waals surface area contributed by atoms with Crippen molar-refractivity contribution in [3.8, 4) is 23.0 Å². The second-order valence-electron chi connectivity index (χ2n) is 8.84. The monoisotopic (exact) mass is 472 g/mol. The minimum Gasteiger partial charge on any atom is -0.497 e. The standard InChI is InChI=1S/C26H28N6O3/c1-33-21-4-2-19(3-5-21)22-6-9-32(30-22)26-28-23-16-20(18-7-12-34-13-8-18)17-27-24(23)25(29-26)31-10-14-35-15-11-31/h2-6,9,16-18H,7-8,10-15H2,1H3. The molecule has 0 spiro atoms. The van der Waals surface area contributed by atoms with Crippen LogP contribution in [0.1, 0.15) is 24.3 Å². The summed E-state index contributed by atoms with van der Waals surface area (Å²) in [5.41, 5.74) is 4.70. The summed E-state index contributed by atoms with van der Waals surface area (Å²) >= 11 is 0. The van der Waals surface area contributed by atoms with E-state index < -0.39 is 0 Å². The maximum Gasteiger partial charge on any atom is 0.253 e. The van der Waals surface area contributed by atoms with Gasteiger partial charge in [0.15, 0.2) is 5.82 Å². The van der Waals surface area contributed by atoms with Crippen LogP contribution in [-0.2, 0) is 9.47 Å². The van der Waals surface area contributed by atoms with Crippen molar-refractivity contribution in [1.82, 2.24) is 24.7 Å². The second kappa shape index (κ2) is 9.59. The van der Waals surface area contributed by atoms with Gasteiger partial charge in [-0.3, -0.25) is 4.98 Å². The van der Waals surface area contributed by atoms with Crippen LogP contribution in [0.15, 0.2) is 48.8 Å². The number of pyridine rings is 1. The molecule has 5 heterocycles. The maximum atomic E-state index is 5.57. The maximum absolute atomic E-state index is 5.57. The molecule has 0 bridgehead atoms. The molecule has 35 heavy (non-hydrogen) atoms. The van der Waals surface area contributed by atoms with Gasteiger partial charge < -0.3 is 19.1 Å². The normalized spacial score (nSPS) is 17.1. The Balaban J connectivity index is 1.41. The Kier molecular flexibility index (Phi) is 6.01. The van der Waals surface area contributed by atoms with Gasteiger partial charge in [0.2, 0.25) is 0 Å². The molecule has 0 aliphatic carbocycles. The molecular formula is C26H28N6O3. The van der Waals surface area contributed by atoms with Gasteiger partial charge in [0.25, 0.3) is 5.95 Å². The molecule has 4 aromatic rings. The molecule has 0 unspecified atom stereocenters. The highest BCUT2D eigenvalue weighted by molar-refractivity contribution is 5.86. The summed E-state index contributed by atoms with van der Waals surface area (Å²) in [6, 6.07) is 12.0. The van der Waals surface area contributed by atoms with Crippen molar-refractivity contribution in [1.29, 1.82) is 0 Å². The lowest BCUT2D eigenvalue weighted by molar-refractivity contribution is 0.0853. The fraction of sp³-hybridized carbons (Fsp3) is 0.385. The van der Waals surface area contributed by atoms with E-state index in [1.54, 1.807) is 11.8 Å². The highest BCUT2D eigenvalue weighted by Crippen LogP contribution is 2.31. The molecule has 6 rings (SSSR count). The zero-order valence-corrected chi connectivity index (χ0v) is 19.8. The molecule has 2 aliphatic rings. The van der Waals surface area contributed by atoms with Crippen molar-refractivity contribution in [2.75, 3.05) is 51.5 Å². The molecule has 2 fully saturated rings. The molecule has 0 saturated carbocycles. The number of hydrogen-bond donors (Lipinski definition) is 0. The Morgan fingerprint density at radius 3 is 2.49 bits per heavy atom. The number of anilines is 1. The van der Waals surface area contributed by atoms with Crippen molar-refractivity contribution in [2.45, 2.75) is 18.8 Å². The molecule has 0 N–H and O–H groups in total. The van der Waals surface area contributed by atoms with Crippen LogP contribution in [0.25, 0.3) is 28.2 Å². The molecule has 180 valence electrons. The first-order valence-electron chi connectivity index (χ1n) is 12.1. The third-order valence-corrected chi connectivity index (χ3v) is 6.71. The molecule has 0 radical (unpaired) electrons. The Hall–Kier alpha value is -3.56. The number of rotatable bonds is 5. The van der Waals surface area contributed by atoms with Crippen molar-refractivity contribution >= 4 is 16.9 Å². The van der Waals surface area contributed by atoms with Gasteiger partial charge >= 0.3 is 0 Å². The lowest BCUT2D eigenvalue weighted by Crippen LogP contribution is -2.37. The highest BCUT2D eigenvalue weighted by atomic mass is 16.5. The number of fused-ring (bicyclic) bond motifs is 1. The SMILES string of the molecule is COc1ccc(-c2ccn(-c3nc(N4CCOCC4)c4ncc(C5CCOCC5)cc4n3)n2)cc1. The number of methoxy groups -OCH3 is 1. The molecule has 2 aliphatic heterocycles. The van der Waals surface area contributed by atoms with Crippen LogP contribution in [0.2, 0.25) is 0 Å². The van der Waals surface area contributed by atoms with Crippen LogP contribution in [-0.4, -0.2) is 71.4 Å². The van der Waals surface area contributed by atoms with Gasteiger partial charge in [-0.15, -0.1) is 0 Å². The molecule has 0 atom stereocenters. The Morgan fingerprint density at radius 2 is 1.71 bits per heavy atom. The van der Waals surface area contributed by atoms with Gasteiger partial charge in [-0.2, -0.15) is 10.1 Å². The molecule has 9 heteroatoms. The fourth-order valence-corrected chi connectivity index (χ4v) is 4.71. The number of benzene rings is 1. The van der Waals surface area contributed by atoms with Gasteiger partial charge in [-0.25, -0.2) is 9.67 Å². The first kappa shape index (κ1) is 21.9. The summed E-state index contributed by atoms with van der Waals surface area (Å²) in [7, 11) is 1.66. The predicted octanol–water partition coefficient (Wildman–Crippen LogP) is 3.62. The minimum atomic E-state index is 0.442. The van der Waals surface area contributed by atoms with Gasteiger partial charge in [0.05, 0.1) is 31.5 Å². The van der Waals surface area contributed by atoms with Crippen molar-refractivity contribution < 1.29 is 14.2 Å². The summed E-state index contributed by atoms with van der Waals surface area (Å²) < 4.78 is 18.1. The van der Waals surface area contributed by atoms with Crippen LogP contribution >= 0.6 is 0 Å². The van der Waals surface area contributed by atoms with E-state index in [9.17, 15) is 0 Å². The smallest absolute Gasteiger partial charge is 0.253 e. The lowest BCUT2D eigenvalue weighted by Gasteiger charge is -2.28. The Labute approximate surface area is 203 Å². The van der Waals surface area contributed by atoms with Gasteiger partial charge in [-0.1, -0.05) is 0 Å². The van der Waals surface area contributed by atoms with Crippen LogP contribution < -0.4 is 9.64 Å². The van der Waals surface area contributed by atoms with Gasteiger partial charge in [0, 0.05) is 44.3 Å². The number of ether oxygens (including phenoxy) is 3. The zero-order chi connectivity index (χ0) is 23.6. The first-order chi connectivity index (χ1) is 17.3. The van der Waals surface area contributed by atoms with Crippen molar-refractivity contribution in [3.63, 3.8) is 0 Å². The van der Waals surface area contributed by atoms with Crippen LogP contribution in [0.3, 0.4) is 0 Å². The van der Waals surface area contributed by atoms with E-state index in [4.69, 9.17) is 34.3 Å². The Bertz CT molecular complexity index is 1310. The van der Waals surface area contributed by atoms with E-state index >= 15 is 0 Å². The topological polar surface area (TPSA) is 87.4 Å². The zero-order valence-electron chi connectivity index (χ0n) is 19.8. The van der Waals surface area contributed by atoms with Crippen molar-refractivity contribution in [3.05, 3.63) is 54.4 Å². The number of morpholine rings is 1. The molecule has 3 aromatic heterocycles. The number of nitrogens with zero attached hydrogens (tertiary/aromatic N) is 6. The number of hydrogen-bond acceptors (Lipinski definition) is 8. The first-order valence-corrected chi connectivity index (χ1v) is 12.1. The van der Waals surface area contributed by atoms with Gasteiger partial charge in [0.1, 0.15) is 11.3 Å². The number of aromatic nitrogens is 5. The average molecular weight is 473 g/mol. The van der Waals surface area contributed by atoms with Gasteiger partial charge in [-0.05, 0) is 60.7 Å². The third kappa shape index (κ3) is 4.44. The van der Waals surface area contributed by atoms with Crippen LogP contribution in [0.4, 0.5) is 5.82 Å². The highest BCUT2D eigenvalue weighted by Gasteiger charge is 2.22. The van der Waals surface area contributed by atoms with E-state index in [1.807, 2.05) is 42.7 Å². The summed E-state index contributed by atoms with van der Waals surface area (Å²) in [4.78, 5) is 16.9. The molecule has 0 amide bonds. The summed E-state index contributed by atoms with van der Waals surface area (Å²) in [5.74, 6) is 2.62. The van der Waals surface area contributed by atoms with E-state index in [2.05, 4.69) is 11.0 Å². The quantitative estimate of drug-likeness (QED) is 0.435. The summed E-state index contributed by atoms with van der Waals surface area (Å²) in [6.07, 6.45) is 5.90. The Morgan fingerprint density at radius 1 is 0.943 bits per heavy atom. The van der Waals surface area contributed by atoms with E-state index in [0.717, 1.165) is 73.0 Å².